The van der Waals surface area contributed by atoms with Crippen LogP contribution in [0.2, 0.25) is 0 Å². The molecule has 0 amide bonds. The lowest BCUT2D eigenvalue weighted by Crippen LogP contribution is -2.41. The summed E-state index contributed by atoms with van der Waals surface area (Å²) in [5, 5.41) is 12.7. The number of nitrogens with one attached hydrogen (secondary N) is 1. The zero-order valence-corrected chi connectivity index (χ0v) is 5.89. The number of hydrazine groups is 1. The zero-order chi connectivity index (χ0) is 6.85. The van der Waals surface area contributed by atoms with Gasteiger partial charge in [0.1, 0.15) is 11.4 Å². The maximum absolute atomic E-state index is 8.85. The summed E-state index contributed by atoms with van der Waals surface area (Å²) < 4.78 is 0.858. The summed E-state index contributed by atoms with van der Waals surface area (Å²) in [5.74, 6) is 0. The average Bonchev–Trinajstić information content (AvgIpc) is 1.59. The Kier molecular flexibility index (Phi) is 2.13. The molecule has 0 saturated carbocycles. The molecule has 0 fully saturated rings. The molecule has 0 radical (unpaired) electrons. The normalized spacial score (nSPS) is 28.1. The number of aliphatic hydroxyl groups excluding tert-OH is 1. The lowest BCUT2D eigenvalue weighted by Gasteiger charge is -2.20. The van der Waals surface area contributed by atoms with Crippen molar-refractivity contribution < 1.29 is 5.11 Å². The van der Waals surface area contributed by atoms with E-state index in [1.165, 1.54) is 0 Å². The highest BCUT2D eigenvalue weighted by atomic mass is 35.5. The molecule has 6 heteroatoms. The van der Waals surface area contributed by atoms with Crippen LogP contribution in [0.5, 0.6) is 0 Å². The van der Waals surface area contributed by atoms with Crippen LogP contribution in [0.25, 0.3) is 0 Å². The van der Waals surface area contributed by atoms with Gasteiger partial charge >= 0.3 is 0 Å². The van der Waals surface area contributed by atoms with Crippen molar-refractivity contribution in [2.45, 2.75) is 12.6 Å². The second-order valence-corrected chi connectivity index (χ2v) is 2.34. The van der Waals surface area contributed by atoms with Crippen molar-refractivity contribution >= 4 is 28.5 Å². The summed E-state index contributed by atoms with van der Waals surface area (Å²) >= 11 is 10.7. The molecule has 9 heavy (non-hydrogen) atoms. The first-order valence-corrected chi connectivity index (χ1v) is 3.03. The van der Waals surface area contributed by atoms with E-state index in [-0.39, 0.29) is 5.17 Å². The van der Waals surface area contributed by atoms with Crippen molar-refractivity contribution in [2.75, 3.05) is 0 Å². The Morgan fingerprint density at radius 3 is 3.00 bits per heavy atom. The van der Waals surface area contributed by atoms with Crippen LogP contribution in [0.1, 0.15) is 6.42 Å². The summed E-state index contributed by atoms with van der Waals surface area (Å²) in [6.07, 6.45) is -0.433. The fourth-order valence-corrected chi connectivity index (χ4v) is 0.957. The number of hydrogen-bond donors (Lipinski definition) is 2. The van der Waals surface area contributed by atoms with E-state index in [0.29, 0.717) is 6.42 Å². The lowest BCUT2D eigenvalue weighted by atomic mass is 10.4. The molecular formula is C3H5Cl2N3O. The molecule has 0 aromatic heterocycles. The molecule has 0 aliphatic carbocycles. The number of rotatable bonds is 0. The number of nitrogens with zero attached hydrogens (tertiary/aromatic N) is 2. The van der Waals surface area contributed by atoms with E-state index in [1.807, 2.05) is 0 Å². The summed E-state index contributed by atoms with van der Waals surface area (Å²) in [7, 11) is 0. The standard InChI is InChI=1S/C3H5Cl2N3O/c4-2-1-3(9)7-8(5)6-2/h3,7,9H,1H2. The SMILES string of the molecule is OC1CC(Cl)=NN(Cl)N1. The van der Waals surface area contributed by atoms with Crippen molar-refractivity contribution in [1.82, 2.24) is 10.1 Å². The van der Waals surface area contributed by atoms with E-state index in [9.17, 15) is 0 Å². The number of halogens is 2. The molecule has 1 unspecified atom stereocenters. The van der Waals surface area contributed by atoms with Gasteiger partial charge < -0.3 is 5.11 Å². The smallest absolute Gasteiger partial charge is 0.133 e. The van der Waals surface area contributed by atoms with Crippen LogP contribution in [0.3, 0.4) is 0 Å². The molecule has 1 atom stereocenters. The van der Waals surface area contributed by atoms with Crippen LogP contribution in [0.4, 0.5) is 0 Å². The number of hydrogen-bond acceptors (Lipinski definition) is 4. The molecule has 1 rings (SSSR count). The minimum absolute atomic E-state index is 0.288. The third kappa shape index (κ3) is 1.98. The minimum atomic E-state index is -0.729. The molecule has 52 valence electrons. The molecule has 1 aliphatic heterocycles. The number of aliphatic hydroxyl groups is 1. The van der Waals surface area contributed by atoms with Crippen LogP contribution in [-0.2, 0) is 0 Å². The van der Waals surface area contributed by atoms with Crippen molar-refractivity contribution in [3.8, 4) is 0 Å². The van der Waals surface area contributed by atoms with Crippen LogP contribution < -0.4 is 5.43 Å². The highest BCUT2D eigenvalue weighted by molar-refractivity contribution is 6.65. The molecule has 0 aromatic rings. The minimum Gasteiger partial charge on any atom is -0.376 e. The fourth-order valence-electron chi connectivity index (χ4n) is 0.493. The summed E-state index contributed by atoms with van der Waals surface area (Å²) in [6, 6.07) is 0. The van der Waals surface area contributed by atoms with Crippen molar-refractivity contribution in [2.24, 2.45) is 5.10 Å². The molecule has 1 aliphatic rings. The molecular weight excluding hydrogens is 165 g/mol. The van der Waals surface area contributed by atoms with Gasteiger partial charge in [-0.2, -0.15) is 5.43 Å². The molecule has 2 N–H and O–H groups in total. The van der Waals surface area contributed by atoms with Crippen LogP contribution in [0.15, 0.2) is 5.10 Å². The largest absolute Gasteiger partial charge is 0.376 e. The van der Waals surface area contributed by atoms with Gasteiger partial charge in [0.15, 0.2) is 0 Å². The first-order valence-electron chi connectivity index (χ1n) is 2.31. The maximum atomic E-state index is 8.85. The van der Waals surface area contributed by atoms with Crippen LogP contribution in [-0.4, -0.2) is 21.1 Å². The Bertz CT molecular complexity index is 139. The van der Waals surface area contributed by atoms with Gasteiger partial charge in [0, 0.05) is 6.42 Å². The number of hydrazone groups is 1. The molecule has 0 spiro atoms. The van der Waals surface area contributed by atoms with Crippen LogP contribution in [0, 0.1) is 0 Å². The quantitative estimate of drug-likeness (QED) is 0.511. The third-order valence-electron chi connectivity index (χ3n) is 0.814. The van der Waals surface area contributed by atoms with Gasteiger partial charge in [-0.3, -0.25) is 0 Å². The molecule has 0 aromatic carbocycles. The van der Waals surface area contributed by atoms with Gasteiger partial charge in [-0.25, -0.2) is 0 Å². The van der Waals surface area contributed by atoms with E-state index in [2.05, 4.69) is 10.5 Å². The van der Waals surface area contributed by atoms with E-state index in [1.54, 1.807) is 0 Å². The lowest BCUT2D eigenvalue weighted by molar-refractivity contribution is 0.0775. The van der Waals surface area contributed by atoms with Gasteiger partial charge in [-0.1, -0.05) is 11.6 Å². The van der Waals surface area contributed by atoms with Gasteiger partial charge in [0.05, 0.1) is 11.8 Å². The average molecular weight is 170 g/mol. The van der Waals surface area contributed by atoms with Gasteiger partial charge in [0.2, 0.25) is 0 Å². The van der Waals surface area contributed by atoms with E-state index < -0.39 is 6.23 Å². The Labute approximate surface area is 62.1 Å². The molecule has 4 nitrogen and oxygen atoms in total. The summed E-state index contributed by atoms with van der Waals surface area (Å²) in [4.78, 5) is 0. The third-order valence-corrected chi connectivity index (χ3v) is 1.22. The Balaban J connectivity index is 2.56. The fraction of sp³-hybridized carbons (Fsp3) is 0.667. The van der Waals surface area contributed by atoms with E-state index >= 15 is 0 Å². The monoisotopic (exact) mass is 169 g/mol. The van der Waals surface area contributed by atoms with Gasteiger partial charge in [0.25, 0.3) is 0 Å². The molecule has 0 bridgehead atoms. The second-order valence-electron chi connectivity index (χ2n) is 1.59. The molecule has 1 heterocycles. The Hall–Kier alpha value is -0.0300. The highest BCUT2D eigenvalue weighted by Crippen LogP contribution is 2.06. The van der Waals surface area contributed by atoms with Crippen molar-refractivity contribution in [3.63, 3.8) is 0 Å². The van der Waals surface area contributed by atoms with Gasteiger partial charge in [-0.05, 0) is 0 Å². The topological polar surface area (TPSA) is 47.9 Å². The summed E-state index contributed by atoms with van der Waals surface area (Å²) in [6.45, 7) is 0. The Morgan fingerprint density at radius 1 is 1.89 bits per heavy atom. The molecule has 0 saturated heterocycles. The zero-order valence-electron chi connectivity index (χ0n) is 4.38. The second kappa shape index (κ2) is 2.70. The predicted molar refractivity (Wildman–Crippen MR) is 34.7 cm³/mol. The Morgan fingerprint density at radius 2 is 2.56 bits per heavy atom. The van der Waals surface area contributed by atoms with Crippen molar-refractivity contribution in [3.05, 3.63) is 0 Å². The highest BCUT2D eigenvalue weighted by Gasteiger charge is 2.15. The first kappa shape index (κ1) is 7.08. The van der Waals surface area contributed by atoms with Gasteiger partial charge in [-0.15, -0.1) is 9.74 Å². The van der Waals surface area contributed by atoms with E-state index in [4.69, 9.17) is 28.5 Å². The summed E-state index contributed by atoms with van der Waals surface area (Å²) in [5.41, 5.74) is 2.39. The maximum Gasteiger partial charge on any atom is 0.133 e. The van der Waals surface area contributed by atoms with Crippen LogP contribution >= 0.6 is 23.4 Å². The van der Waals surface area contributed by atoms with E-state index in [0.717, 1.165) is 4.64 Å². The van der Waals surface area contributed by atoms with Crippen molar-refractivity contribution in [1.29, 1.82) is 0 Å². The predicted octanol–water partition coefficient (Wildman–Crippen LogP) is 0.221. The first-order chi connectivity index (χ1) is 4.18.